The number of ether oxygens (including phenoxy) is 1. The van der Waals surface area contributed by atoms with Crippen LogP contribution in [0.15, 0.2) is 0 Å². The first-order valence-corrected chi connectivity index (χ1v) is 6.45. The molecule has 1 heterocycles. The Morgan fingerprint density at radius 3 is 2.20 bits per heavy atom. The molecule has 1 saturated heterocycles. The summed E-state index contributed by atoms with van der Waals surface area (Å²) in [6.07, 6.45) is 6.24. The van der Waals surface area contributed by atoms with E-state index < -0.39 is 0 Å². The van der Waals surface area contributed by atoms with Crippen LogP contribution in [0.25, 0.3) is 0 Å². The molecule has 4 bridgehead atoms. The van der Waals surface area contributed by atoms with Gasteiger partial charge in [-0.3, -0.25) is 0 Å². The van der Waals surface area contributed by atoms with E-state index in [4.69, 9.17) is 4.74 Å². The Morgan fingerprint density at radius 1 is 1.13 bits per heavy atom. The zero-order valence-electron chi connectivity index (χ0n) is 9.41. The lowest BCUT2D eigenvalue weighted by Gasteiger charge is -2.60. The summed E-state index contributed by atoms with van der Waals surface area (Å²) in [7, 11) is 0. The van der Waals surface area contributed by atoms with Gasteiger partial charge in [0.05, 0.1) is 17.8 Å². The van der Waals surface area contributed by atoms with Crippen molar-refractivity contribution in [3.63, 3.8) is 0 Å². The van der Waals surface area contributed by atoms with Gasteiger partial charge in [0.25, 0.3) is 0 Å². The summed E-state index contributed by atoms with van der Waals surface area (Å²) in [5.41, 5.74) is -0.327. The summed E-state index contributed by atoms with van der Waals surface area (Å²) in [5, 5.41) is 10.9. The summed E-state index contributed by atoms with van der Waals surface area (Å²) in [5.74, 6) is 2.85. The Morgan fingerprint density at radius 2 is 1.73 bits per heavy atom. The van der Waals surface area contributed by atoms with E-state index in [1.807, 2.05) is 0 Å². The SMILES string of the molecule is CC1(C2C3CC4CC(C3)CC2(O)C4)CO1. The fraction of sp³-hybridized carbons (Fsp3) is 1.00. The summed E-state index contributed by atoms with van der Waals surface area (Å²) in [4.78, 5) is 0. The highest BCUT2D eigenvalue weighted by Crippen LogP contribution is 2.63. The van der Waals surface area contributed by atoms with Gasteiger partial charge >= 0.3 is 0 Å². The third-order valence-electron chi connectivity index (χ3n) is 5.53. The Labute approximate surface area is 91.0 Å². The van der Waals surface area contributed by atoms with Gasteiger partial charge in [-0.1, -0.05) is 0 Å². The first-order valence-electron chi connectivity index (χ1n) is 6.45. The first kappa shape index (κ1) is 9.00. The van der Waals surface area contributed by atoms with E-state index in [2.05, 4.69) is 6.92 Å². The van der Waals surface area contributed by atoms with Crippen molar-refractivity contribution in [1.82, 2.24) is 0 Å². The average molecular weight is 208 g/mol. The molecule has 0 aromatic heterocycles. The normalized spacial score (nSPS) is 66.0. The maximum atomic E-state index is 10.9. The smallest absolute Gasteiger partial charge is 0.0946 e. The van der Waals surface area contributed by atoms with E-state index in [1.165, 1.54) is 19.3 Å². The molecule has 5 rings (SSSR count). The summed E-state index contributed by atoms with van der Waals surface area (Å²) < 4.78 is 5.63. The third-order valence-corrected chi connectivity index (χ3v) is 5.53. The fourth-order valence-corrected chi connectivity index (χ4v) is 5.36. The highest BCUT2D eigenvalue weighted by atomic mass is 16.6. The molecule has 4 unspecified atom stereocenters. The van der Waals surface area contributed by atoms with E-state index >= 15 is 0 Å². The molecule has 1 N–H and O–H groups in total. The van der Waals surface area contributed by atoms with Crippen LogP contribution in [0.4, 0.5) is 0 Å². The van der Waals surface area contributed by atoms with Crippen molar-refractivity contribution in [2.24, 2.45) is 23.7 Å². The molecule has 84 valence electrons. The highest BCUT2D eigenvalue weighted by molar-refractivity contribution is 5.14. The van der Waals surface area contributed by atoms with Gasteiger partial charge < -0.3 is 9.84 Å². The Balaban J connectivity index is 1.74. The van der Waals surface area contributed by atoms with Crippen LogP contribution in [0, 0.1) is 23.7 Å². The van der Waals surface area contributed by atoms with Gasteiger partial charge in [0.1, 0.15) is 0 Å². The van der Waals surface area contributed by atoms with Crippen LogP contribution in [0.2, 0.25) is 0 Å². The zero-order valence-corrected chi connectivity index (χ0v) is 9.41. The first-order chi connectivity index (χ1) is 7.09. The van der Waals surface area contributed by atoms with Crippen LogP contribution in [0.1, 0.15) is 39.0 Å². The van der Waals surface area contributed by atoms with Gasteiger partial charge in [-0.2, -0.15) is 0 Å². The second-order valence-electron chi connectivity index (χ2n) is 6.79. The summed E-state index contributed by atoms with van der Waals surface area (Å²) >= 11 is 0. The van der Waals surface area contributed by atoms with Crippen molar-refractivity contribution in [3.8, 4) is 0 Å². The lowest BCUT2D eigenvalue weighted by Crippen LogP contribution is -2.61. The molecule has 2 heteroatoms. The predicted octanol–water partition coefficient (Wildman–Crippen LogP) is 1.96. The molecule has 4 aliphatic carbocycles. The van der Waals surface area contributed by atoms with Crippen molar-refractivity contribution < 1.29 is 9.84 Å². The van der Waals surface area contributed by atoms with Crippen molar-refractivity contribution in [2.75, 3.05) is 6.61 Å². The summed E-state index contributed by atoms with van der Waals surface area (Å²) in [6, 6.07) is 0. The van der Waals surface area contributed by atoms with Gasteiger partial charge in [-0.25, -0.2) is 0 Å². The molecule has 1 aliphatic heterocycles. The molecular weight excluding hydrogens is 188 g/mol. The molecule has 2 nitrogen and oxygen atoms in total. The molecule has 0 aromatic carbocycles. The lowest BCUT2D eigenvalue weighted by atomic mass is 9.47. The van der Waals surface area contributed by atoms with E-state index in [0.717, 1.165) is 37.2 Å². The van der Waals surface area contributed by atoms with Crippen molar-refractivity contribution in [2.45, 2.75) is 50.2 Å². The van der Waals surface area contributed by atoms with Crippen molar-refractivity contribution in [1.29, 1.82) is 0 Å². The minimum Gasteiger partial charge on any atom is -0.389 e. The molecule has 0 radical (unpaired) electrons. The molecule has 5 aliphatic rings. The largest absolute Gasteiger partial charge is 0.389 e. The van der Waals surface area contributed by atoms with Gasteiger partial charge in [0.15, 0.2) is 0 Å². The monoisotopic (exact) mass is 208 g/mol. The molecular formula is C13H20O2. The number of hydrogen-bond donors (Lipinski definition) is 1. The molecule has 0 amide bonds. The van der Waals surface area contributed by atoms with Crippen LogP contribution in [-0.4, -0.2) is 22.9 Å². The number of hydrogen-bond acceptors (Lipinski definition) is 2. The molecule has 4 saturated carbocycles. The number of rotatable bonds is 1. The second kappa shape index (κ2) is 2.43. The minimum absolute atomic E-state index is 0.0344. The predicted molar refractivity (Wildman–Crippen MR) is 56.4 cm³/mol. The van der Waals surface area contributed by atoms with Crippen LogP contribution in [-0.2, 0) is 4.74 Å². The molecule has 5 fully saturated rings. The van der Waals surface area contributed by atoms with Crippen LogP contribution >= 0.6 is 0 Å². The zero-order chi connectivity index (χ0) is 10.3. The highest BCUT2D eigenvalue weighted by Gasteiger charge is 2.65. The Kier molecular flexibility index (Phi) is 1.46. The minimum atomic E-state index is -0.361. The average Bonchev–Trinajstić information content (AvgIpc) is 2.79. The van der Waals surface area contributed by atoms with E-state index in [0.29, 0.717) is 5.92 Å². The third kappa shape index (κ3) is 1.07. The molecule has 0 spiro atoms. The molecule has 4 atom stereocenters. The lowest BCUT2D eigenvalue weighted by molar-refractivity contribution is -0.189. The second-order valence-corrected chi connectivity index (χ2v) is 6.79. The number of epoxide rings is 1. The number of aliphatic hydroxyl groups is 1. The van der Waals surface area contributed by atoms with Crippen LogP contribution < -0.4 is 0 Å². The van der Waals surface area contributed by atoms with E-state index in [-0.39, 0.29) is 11.2 Å². The van der Waals surface area contributed by atoms with Gasteiger partial charge in [-0.05, 0) is 56.8 Å². The van der Waals surface area contributed by atoms with Gasteiger partial charge in [0, 0.05) is 5.92 Å². The van der Waals surface area contributed by atoms with Gasteiger partial charge in [-0.15, -0.1) is 0 Å². The topological polar surface area (TPSA) is 32.8 Å². The molecule has 15 heavy (non-hydrogen) atoms. The van der Waals surface area contributed by atoms with Gasteiger partial charge in [0.2, 0.25) is 0 Å². The maximum Gasteiger partial charge on any atom is 0.0946 e. The van der Waals surface area contributed by atoms with E-state index in [1.54, 1.807) is 0 Å². The molecule has 0 aromatic rings. The standard InChI is InChI=1S/C13H20O2/c1-12(7-15-12)11-10-3-8-2-9(4-10)6-13(11,14)5-8/h8-11,14H,2-7H2,1H3. The quantitative estimate of drug-likeness (QED) is 0.668. The Bertz CT molecular complexity index is 294. The van der Waals surface area contributed by atoms with Crippen molar-refractivity contribution in [3.05, 3.63) is 0 Å². The Hall–Kier alpha value is -0.0800. The van der Waals surface area contributed by atoms with Crippen LogP contribution in [0.5, 0.6) is 0 Å². The summed E-state index contributed by atoms with van der Waals surface area (Å²) in [6.45, 7) is 3.09. The van der Waals surface area contributed by atoms with Crippen molar-refractivity contribution >= 4 is 0 Å². The maximum absolute atomic E-state index is 10.9. The van der Waals surface area contributed by atoms with E-state index in [9.17, 15) is 5.11 Å². The van der Waals surface area contributed by atoms with Crippen LogP contribution in [0.3, 0.4) is 0 Å². The fourth-order valence-electron chi connectivity index (χ4n) is 5.36.